The summed E-state index contributed by atoms with van der Waals surface area (Å²) in [5.41, 5.74) is 2.06. The molecule has 0 amide bonds. The van der Waals surface area contributed by atoms with Gasteiger partial charge in [-0.1, -0.05) is 26.7 Å². The highest BCUT2D eigenvalue weighted by atomic mass is 32.1. The molecule has 14 heavy (non-hydrogen) atoms. The average Bonchev–Trinajstić information content (AvgIpc) is 2.51. The van der Waals surface area contributed by atoms with Crippen molar-refractivity contribution in [1.82, 2.24) is 0 Å². The second-order valence-corrected chi connectivity index (χ2v) is 4.73. The van der Waals surface area contributed by atoms with Gasteiger partial charge in [0.05, 0.1) is 0 Å². The molecule has 0 saturated carbocycles. The van der Waals surface area contributed by atoms with Crippen LogP contribution in [0.2, 0.25) is 0 Å². The molecule has 0 radical (unpaired) electrons. The van der Waals surface area contributed by atoms with Crippen molar-refractivity contribution in [3.8, 4) is 0 Å². The molecular weight excluding hydrogens is 192 g/mol. The Labute approximate surface area is 90.2 Å². The molecule has 2 heteroatoms. The maximum Gasteiger partial charge on any atom is 0.164 e. The number of hydrogen-bond acceptors (Lipinski definition) is 2. The van der Waals surface area contributed by atoms with E-state index in [4.69, 9.17) is 0 Å². The molecule has 0 aromatic carbocycles. The maximum absolute atomic E-state index is 11.8. The molecule has 0 saturated heterocycles. The highest BCUT2D eigenvalue weighted by Gasteiger charge is 2.13. The van der Waals surface area contributed by atoms with Gasteiger partial charge in [0.1, 0.15) is 0 Å². The molecule has 0 bridgehead atoms. The zero-order chi connectivity index (χ0) is 10.6. The normalized spacial score (nSPS) is 12.8. The Hall–Kier alpha value is -0.630. The zero-order valence-electron chi connectivity index (χ0n) is 9.17. The van der Waals surface area contributed by atoms with Crippen LogP contribution in [0.25, 0.3) is 0 Å². The molecule has 0 spiro atoms. The summed E-state index contributed by atoms with van der Waals surface area (Å²) in [6, 6.07) is 0. The number of carbonyl (C=O) groups is 1. The van der Waals surface area contributed by atoms with Crippen molar-refractivity contribution in [3.05, 3.63) is 21.9 Å². The van der Waals surface area contributed by atoms with E-state index in [-0.39, 0.29) is 0 Å². The fourth-order valence-corrected chi connectivity index (χ4v) is 2.52. The lowest BCUT2D eigenvalue weighted by Crippen LogP contribution is -2.06. The second-order valence-electron chi connectivity index (χ2n) is 3.99. The van der Waals surface area contributed by atoms with Crippen LogP contribution < -0.4 is 0 Å². The summed E-state index contributed by atoms with van der Waals surface area (Å²) in [6.45, 7) is 6.33. The monoisotopic (exact) mass is 210 g/mol. The molecule has 0 N–H and O–H groups in total. The molecule has 1 aromatic rings. The lowest BCUT2D eigenvalue weighted by molar-refractivity contribution is 0.0962. The Kier molecular flexibility index (Phi) is 4.33. The topological polar surface area (TPSA) is 17.1 Å². The van der Waals surface area contributed by atoms with Gasteiger partial charge in [0, 0.05) is 17.4 Å². The first-order chi connectivity index (χ1) is 6.65. The summed E-state index contributed by atoms with van der Waals surface area (Å²) in [5.74, 6) is 0.830. The fraction of sp³-hybridized carbons (Fsp3) is 0.583. The van der Waals surface area contributed by atoms with E-state index in [2.05, 4.69) is 13.8 Å². The van der Waals surface area contributed by atoms with Crippen molar-refractivity contribution >= 4 is 17.1 Å². The van der Waals surface area contributed by atoms with Gasteiger partial charge in [0.2, 0.25) is 0 Å². The lowest BCUT2D eigenvalue weighted by Gasteiger charge is -2.08. The Bertz CT molecular complexity index is 301. The smallest absolute Gasteiger partial charge is 0.164 e. The van der Waals surface area contributed by atoms with E-state index < -0.39 is 0 Å². The van der Waals surface area contributed by atoms with Gasteiger partial charge in [-0.2, -0.15) is 11.3 Å². The Balaban J connectivity index is 2.55. The Morgan fingerprint density at radius 3 is 2.71 bits per heavy atom. The molecule has 0 aliphatic carbocycles. The van der Waals surface area contributed by atoms with Gasteiger partial charge in [-0.3, -0.25) is 4.79 Å². The van der Waals surface area contributed by atoms with Crippen LogP contribution in [0.4, 0.5) is 0 Å². The van der Waals surface area contributed by atoms with Gasteiger partial charge in [-0.25, -0.2) is 0 Å². The van der Waals surface area contributed by atoms with Gasteiger partial charge >= 0.3 is 0 Å². The van der Waals surface area contributed by atoms with Crippen LogP contribution in [0.3, 0.4) is 0 Å². The third kappa shape index (κ3) is 2.95. The van der Waals surface area contributed by atoms with Gasteiger partial charge < -0.3 is 0 Å². The number of hydrogen-bond donors (Lipinski definition) is 0. The SMILES string of the molecule is CCCC(C)CC(=O)c1cscc1C. The number of ketones is 1. The van der Waals surface area contributed by atoms with Crippen molar-refractivity contribution < 1.29 is 4.79 Å². The third-order valence-corrected chi connectivity index (χ3v) is 3.33. The van der Waals surface area contributed by atoms with Crippen molar-refractivity contribution in [2.45, 2.75) is 40.0 Å². The van der Waals surface area contributed by atoms with Gasteiger partial charge in [0.25, 0.3) is 0 Å². The van der Waals surface area contributed by atoms with Gasteiger partial charge in [-0.05, 0) is 23.8 Å². The summed E-state index contributed by atoms with van der Waals surface area (Å²) >= 11 is 1.61. The van der Waals surface area contributed by atoms with E-state index in [9.17, 15) is 4.79 Å². The van der Waals surface area contributed by atoms with Crippen molar-refractivity contribution in [1.29, 1.82) is 0 Å². The predicted molar refractivity (Wildman–Crippen MR) is 62.1 cm³/mol. The van der Waals surface area contributed by atoms with Crippen molar-refractivity contribution in [3.63, 3.8) is 0 Å². The summed E-state index contributed by atoms with van der Waals surface area (Å²) in [5, 5.41) is 4.01. The molecule has 0 fully saturated rings. The number of Topliss-reactive ketones (excluding diaryl/α,β-unsaturated/α-hetero) is 1. The van der Waals surface area contributed by atoms with E-state index in [0.29, 0.717) is 18.1 Å². The average molecular weight is 210 g/mol. The van der Waals surface area contributed by atoms with E-state index in [1.54, 1.807) is 11.3 Å². The second kappa shape index (κ2) is 5.30. The molecule has 1 rings (SSSR count). The first-order valence-corrected chi connectivity index (χ1v) is 6.15. The van der Waals surface area contributed by atoms with Crippen LogP contribution in [0, 0.1) is 12.8 Å². The first kappa shape index (κ1) is 11.4. The minimum atomic E-state index is 0.310. The summed E-state index contributed by atoms with van der Waals surface area (Å²) in [6.07, 6.45) is 3.01. The zero-order valence-corrected chi connectivity index (χ0v) is 9.99. The predicted octanol–water partition coefficient (Wildman–Crippen LogP) is 4.07. The van der Waals surface area contributed by atoms with Crippen molar-refractivity contribution in [2.75, 3.05) is 0 Å². The standard InChI is InChI=1S/C12H18OS/c1-4-5-9(2)6-12(13)11-8-14-7-10(11)3/h7-9H,4-6H2,1-3H3. The molecule has 1 aromatic heterocycles. The van der Waals surface area contributed by atoms with E-state index in [0.717, 1.165) is 24.0 Å². The minimum absolute atomic E-state index is 0.310. The minimum Gasteiger partial charge on any atom is -0.294 e. The summed E-state index contributed by atoms with van der Waals surface area (Å²) in [7, 11) is 0. The van der Waals surface area contributed by atoms with Crippen LogP contribution in [-0.2, 0) is 0 Å². The van der Waals surface area contributed by atoms with Crippen LogP contribution in [0.1, 0.15) is 49.0 Å². The summed E-state index contributed by atoms with van der Waals surface area (Å²) < 4.78 is 0. The number of carbonyl (C=O) groups excluding carboxylic acids is 1. The molecule has 1 nitrogen and oxygen atoms in total. The quantitative estimate of drug-likeness (QED) is 0.670. The van der Waals surface area contributed by atoms with Crippen LogP contribution in [0.15, 0.2) is 10.8 Å². The van der Waals surface area contributed by atoms with Gasteiger partial charge in [-0.15, -0.1) is 0 Å². The number of aryl methyl sites for hydroxylation is 1. The first-order valence-electron chi connectivity index (χ1n) is 5.21. The Morgan fingerprint density at radius 1 is 1.50 bits per heavy atom. The summed E-state index contributed by atoms with van der Waals surface area (Å²) in [4.78, 5) is 11.8. The van der Waals surface area contributed by atoms with Crippen LogP contribution in [-0.4, -0.2) is 5.78 Å². The molecule has 0 aliphatic rings. The maximum atomic E-state index is 11.8. The van der Waals surface area contributed by atoms with E-state index in [1.165, 1.54) is 0 Å². The fourth-order valence-electron chi connectivity index (χ4n) is 1.67. The van der Waals surface area contributed by atoms with E-state index in [1.807, 2.05) is 17.7 Å². The highest BCUT2D eigenvalue weighted by Crippen LogP contribution is 2.19. The van der Waals surface area contributed by atoms with Crippen LogP contribution in [0.5, 0.6) is 0 Å². The van der Waals surface area contributed by atoms with E-state index >= 15 is 0 Å². The number of rotatable bonds is 5. The Morgan fingerprint density at radius 2 is 2.21 bits per heavy atom. The molecule has 1 heterocycles. The lowest BCUT2D eigenvalue weighted by atomic mass is 9.96. The highest BCUT2D eigenvalue weighted by molar-refractivity contribution is 7.08. The van der Waals surface area contributed by atoms with Crippen LogP contribution >= 0.6 is 11.3 Å². The molecule has 1 atom stereocenters. The number of thiophene rings is 1. The largest absolute Gasteiger partial charge is 0.294 e. The van der Waals surface area contributed by atoms with Crippen molar-refractivity contribution in [2.24, 2.45) is 5.92 Å². The molecule has 1 unspecified atom stereocenters. The van der Waals surface area contributed by atoms with Gasteiger partial charge in [0.15, 0.2) is 5.78 Å². The third-order valence-electron chi connectivity index (χ3n) is 2.47. The molecular formula is C12H18OS. The molecule has 78 valence electrons. The molecule has 0 aliphatic heterocycles.